The van der Waals surface area contributed by atoms with Gasteiger partial charge in [0.15, 0.2) is 0 Å². The van der Waals surface area contributed by atoms with Crippen LogP contribution in [-0.2, 0) is 14.8 Å². The molecule has 0 saturated carbocycles. The number of rotatable bonds is 5. The Labute approximate surface area is 124 Å². The van der Waals surface area contributed by atoms with Gasteiger partial charge in [-0.1, -0.05) is 6.42 Å². The van der Waals surface area contributed by atoms with Crippen molar-refractivity contribution in [1.82, 2.24) is 4.31 Å². The maximum absolute atomic E-state index is 12.6. The monoisotopic (exact) mass is 312 g/mol. The number of benzene rings is 1. The Balaban J connectivity index is 2.14. The lowest BCUT2D eigenvalue weighted by Gasteiger charge is -2.32. The van der Waals surface area contributed by atoms with Crippen LogP contribution in [0.25, 0.3) is 0 Å². The molecule has 7 heteroatoms. The number of hydrogen-bond donors (Lipinski definition) is 2. The van der Waals surface area contributed by atoms with Crippen LogP contribution in [0.2, 0.25) is 0 Å². The average Bonchev–Trinajstić information content (AvgIpc) is 2.46. The molecule has 1 fully saturated rings. The van der Waals surface area contributed by atoms with Crippen molar-refractivity contribution in [3.8, 4) is 0 Å². The van der Waals surface area contributed by atoms with Gasteiger partial charge in [-0.15, -0.1) is 0 Å². The molecule has 0 bridgehead atoms. The second-order valence-electron chi connectivity index (χ2n) is 5.23. The van der Waals surface area contributed by atoms with Crippen LogP contribution in [0.15, 0.2) is 29.2 Å². The number of nitrogens with zero attached hydrogens (tertiary/aromatic N) is 1. The standard InChI is InChI=1S/C14H20N2O4S/c1-11-4-2-3-9-16(11)21(19,20)13-7-5-12(6-8-13)15-10-14(17)18/h5-8,11,15H,2-4,9-10H2,1H3,(H,17,18). The van der Waals surface area contributed by atoms with E-state index in [1.54, 1.807) is 16.4 Å². The number of piperidine rings is 1. The van der Waals surface area contributed by atoms with E-state index >= 15 is 0 Å². The van der Waals surface area contributed by atoms with Crippen LogP contribution in [-0.4, -0.2) is 42.9 Å². The maximum Gasteiger partial charge on any atom is 0.322 e. The molecular weight excluding hydrogens is 292 g/mol. The minimum Gasteiger partial charge on any atom is -0.480 e. The van der Waals surface area contributed by atoms with Crippen LogP contribution < -0.4 is 5.32 Å². The van der Waals surface area contributed by atoms with Crippen molar-refractivity contribution in [2.24, 2.45) is 0 Å². The van der Waals surface area contributed by atoms with Crippen molar-refractivity contribution in [3.63, 3.8) is 0 Å². The normalized spacial score (nSPS) is 20.1. The van der Waals surface area contributed by atoms with Gasteiger partial charge in [0.1, 0.15) is 6.54 Å². The molecule has 21 heavy (non-hydrogen) atoms. The lowest BCUT2D eigenvalue weighted by molar-refractivity contribution is -0.134. The molecule has 0 aliphatic carbocycles. The predicted octanol–water partition coefficient (Wildman–Crippen LogP) is 1.75. The van der Waals surface area contributed by atoms with Gasteiger partial charge in [0.25, 0.3) is 0 Å². The summed E-state index contributed by atoms with van der Waals surface area (Å²) in [6, 6.07) is 6.23. The number of carbonyl (C=O) groups is 1. The fraction of sp³-hybridized carbons (Fsp3) is 0.500. The highest BCUT2D eigenvalue weighted by Crippen LogP contribution is 2.25. The van der Waals surface area contributed by atoms with Gasteiger partial charge in [-0.3, -0.25) is 4.79 Å². The summed E-state index contributed by atoms with van der Waals surface area (Å²) in [7, 11) is -3.47. The number of anilines is 1. The summed E-state index contributed by atoms with van der Waals surface area (Å²) >= 11 is 0. The van der Waals surface area contributed by atoms with E-state index in [4.69, 9.17) is 5.11 Å². The molecule has 0 aromatic heterocycles. The second kappa shape index (κ2) is 6.44. The van der Waals surface area contributed by atoms with Crippen molar-refractivity contribution in [2.45, 2.75) is 37.1 Å². The average molecular weight is 312 g/mol. The third-order valence-electron chi connectivity index (χ3n) is 3.65. The van der Waals surface area contributed by atoms with E-state index in [1.807, 2.05) is 6.92 Å². The van der Waals surface area contributed by atoms with E-state index in [2.05, 4.69) is 5.32 Å². The van der Waals surface area contributed by atoms with Crippen LogP contribution in [0, 0.1) is 0 Å². The Kier molecular flexibility index (Phi) is 4.84. The van der Waals surface area contributed by atoms with E-state index in [0.29, 0.717) is 12.2 Å². The summed E-state index contributed by atoms with van der Waals surface area (Å²) in [6.07, 6.45) is 2.84. The van der Waals surface area contributed by atoms with E-state index in [9.17, 15) is 13.2 Å². The van der Waals surface area contributed by atoms with Crippen LogP contribution in [0.4, 0.5) is 5.69 Å². The lowest BCUT2D eigenvalue weighted by Crippen LogP contribution is -2.41. The third-order valence-corrected chi connectivity index (χ3v) is 5.67. The number of nitrogens with one attached hydrogen (secondary N) is 1. The van der Waals surface area contributed by atoms with E-state index in [1.165, 1.54) is 12.1 Å². The molecular formula is C14H20N2O4S. The zero-order valence-corrected chi connectivity index (χ0v) is 12.8. The van der Waals surface area contributed by atoms with Crippen LogP contribution in [0.3, 0.4) is 0 Å². The smallest absolute Gasteiger partial charge is 0.322 e. The van der Waals surface area contributed by atoms with Crippen molar-refractivity contribution < 1.29 is 18.3 Å². The second-order valence-corrected chi connectivity index (χ2v) is 7.12. The lowest BCUT2D eigenvalue weighted by atomic mass is 10.1. The molecule has 2 N–H and O–H groups in total. The molecule has 1 aromatic carbocycles. The first-order chi connectivity index (χ1) is 9.91. The first-order valence-electron chi connectivity index (χ1n) is 6.99. The Morgan fingerprint density at radius 3 is 2.57 bits per heavy atom. The fourth-order valence-electron chi connectivity index (χ4n) is 2.49. The molecule has 6 nitrogen and oxygen atoms in total. The minimum absolute atomic E-state index is 0.0218. The highest BCUT2D eigenvalue weighted by Gasteiger charge is 2.30. The van der Waals surface area contributed by atoms with Crippen LogP contribution in [0.5, 0.6) is 0 Å². The Morgan fingerprint density at radius 1 is 1.33 bits per heavy atom. The molecule has 1 unspecified atom stereocenters. The quantitative estimate of drug-likeness (QED) is 0.865. The van der Waals surface area contributed by atoms with Gasteiger partial charge in [0, 0.05) is 18.3 Å². The zero-order valence-electron chi connectivity index (χ0n) is 11.9. The predicted molar refractivity (Wildman–Crippen MR) is 79.8 cm³/mol. The first kappa shape index (κ1) is 15.8. The molecule has 0 radical (unpaired) electrons. The molecule has 1 aliphatic rings. The maximum atomic E-state index is 12.6. The molecule has 0 spiro atoms. The van der Waals surface area contributed by atoms with Gasteiger partial charge in [0.05, 0.1) is 4.90 Å². The molecule has 116 valence electrons. The van der Waals surface area contributed by atoms with Crippen molar-refractivity contribution in [2.75, 3.05) is 18.4 Å². The van der Waals surface area contributed by atoms with Crippen LogP contribution >= 0.6 is 0 Å². The molecule has 2 rings (SSSR count). The van der Waals surface area contributed by atoms with Gasteiger partial charge >= 0.3 is 5.97 Å². The summed E-state index contributed by atoms with van der Waals surface area (Å²) in [5, 5.41) is 11.3. The fourth-order valence-corrected chi connectivity index (χ4v) is 4.19. The summed E-state index contributed by atoms with van der Waals surface area (Å²) in [5.74, 6) is -0.964. The summed E-state index contributed by atoms with van der Waals surface area (Å²) < 4.78 is 26.7. The van der Waals surface area contributed by atoms with Gasteiger partial charge < -0.3 is 10.4 Å². The third kappa shape index (κ3) is 3.74. The molecule has 1 aliphatic heterocycles. The number of carboxylic acids is 1. The Morgan fingerprint density at radius 2 is 2.00 bits per heavy atom. The highest BCUT2D eigenvalue weighted by atomic mass is 32.2. The van der Waals surface area contributed by atoms with Gasteiger partial charge in [-0.05, 0) is 44.0 Å². The molecule has 1 aromatic rings. The molecule has 1 atom stereocenters. The first-order valence-corrected chi connectivity index (χ1v) is 8.43. The summed E-state index contributed by atoms with van der Waals surface area (Å²) in [5.41, 5.74) is 0.586. The largest absolute Gasteiger partial charge is 0.480 e. The van der Waals surface area contributed by atoms with Gasteiger partial charge in [0.2, 0.25) is 10.0 Å². The SMILES string of the molecule is CC1CCCCN1S(=O)(=O)c1ccc(NCC(=O)O)cc1. The molecule has 1 heterocycles. The van der Waals surface area contributed by atoms with E-state index in [0.717, 1.165) is 19.3 Å². The minimum atomic E-state index is -3.47. The van der Waals surface area contributed by atoms with E-state index in [-0.39, 0.29) is 17.5 Å². The number of sulfonamides is 1. The van der Waals surface area contributed by atoms with Gasteiger partial charge in [-0.25, -0.2) is 8.42 Å². The van der Waals surface area contributed by atoms with Crippen molar-refractivity contribution in [3.05, 3.63) is 24.3 Å². The van der Waals surface area contributed by atoms with Crippen molar-refractivity contribution >= 4 is 21.7 Å². The summed E-state index contributed by atoms with van der Waals surface area (Å²) in [6.45, 7) is 2.29. The van der Waals surface area contributed by atoms with E-state index < -0.39 is 16.0 Å². The number of hydrogen-bond acceptors (Lipinski definition) is 4. The Hall–Kier alpha value is -1.60. The number of aliphatic carboxylic acids is 1. The topological polar surface area (TPSA) is 86.7 Å². The molecule has 0 amide bonds. The summed E-state index contributed by atoms with van der Waals surface area (Å²) in [4.78, 5) is 10.7. The zero-order chi connectivity index (χ0) is 15.5. The Bertz CT molecular complexity index is 598. The van der Waals surface area contributed by atoms with Crippen molar-refractivity contribution in [1.29, 1.82) is 0 Å². The number of carboxylic acid groups (broad SMARTS) is 1. The molecule has 1 saturated heterocycles. The highest BCUT2D eigenvalue weighted by molar-refractivity contribution is 7.89. The van der Waals surface area contributed by atoms with Crippen LogP contribution in [0.1, 0.15) is 26.2 Å². The van der Waals surface area contributed by atoms with Gasteiger partial charge in [-0.2, -0.15) is 4.31 Å².